The highest BCUT2D eigenvalue weighted by atomic mass is 32.1. The van der Waals surface area contributed by atoms with Gasteiger partial charge in [-0.05, 0) is 30.2 Å². The second-order valence-corrected chi connectivity index (χ2v) is 6.87. The molecule has 8 heteroatoms. The van der Waals surface area contributed by atoms with Crippen molar-refractivity contribution in [1.82, 2.24) is 5.32 Å². The summed E-state index contributed by atoms with van der Waals surface area (Å²) in [5.41, 5.74) is 1.54. The molecular formula is C20H18N2O5S. The third-order valence-electron chi connectivity index (χ3n) is 4.01. The molecule has 0 aliphatic heterocycles. The maximum absolute atomic E-state index is 12.6. The molecule has 3 aromatic rings. The van der Waals surface area contributed by atoms with Crippen LogP contribution in [0.25, 0.3) is 0 Å². The Bertz CT molecular complexity index is 993. The van der Waals surface area contributed by atoms with Gasteiger partial charge in [-0.1, -0.05) is 30.3 Å². The van der Waals surface area contributed by atoms with Crippen molar-refractivity contribution < 1.29 is 23.5 Å². The van der Waals surface area contributed by atoms with Crippen molar-refractivity contribution in [3.05, 3.63) is 76.1 Å². The van der Waals surface area contributed by atoms with Crippen LogP contribution in [0, 0.1) is 6.92 Å². The van der Waals surface area contributed by atoms with Crippen LogP contribution >= 0.6 is 11.3 Å². The normalized spacial score (nSPS) is 10.4. The molecule has 2 heterocycles. The van der Waals surface area contributed by atoms with Crippen LogP contribution in [0.15, 0.2) is 53.1 Å². The summed E-state index contributed by atoms with van der Waals surface area (Å²) >= 11 is 1.01. The number of hydrogen-bond acceptors (Lipinski definition) is 6. The molecule has 0 atom stereocenters. The summed E-state index contributed by atoms with van der Waals surface area (Å²) in [6.07, 6.45) is 1.37. The summed E-state index contributed by atoms with van der Waals surface area (Å²) in [7, 11) is 1.24. The van der Waals surface area contributed by atoms with Gasteiger partial charge in [0.25, 0.3) is 11.8 Å². The van der Waals surface area contributed by atoms with E-state index in [-0.39, 0.29) is 22.2 Å². The highest BCUT2D eigenvalue weighted by Crippen LogP contribution is 2.34. The van der Waals surface area contributed by atoms with Crippen LogP contribution in [-0.2, 0) is 11.3 Å². The van der Waals surface area contributed by atoms with Gasteiger partial charge < -0.3 is 19.8 Å². The standard InChI is InChI=1S/C20H18N2O5S/c1-12-15(20(25)26-2)19(22-17(23)14-9-6-10-27-14)28-16(12)18(24)21-11-13-7-4-3-5-8-13/h3-10H,11H2,1-2H3,(H,21,24)(H,22,23). The van der Waals surface area contributed by atoms with E-state index in [0.29, 0.717) is 17.0 Å². The fourth-order valence-corrected chi connectivity index (χ4v) is 3.70. The third-order valence-corrected chi connectivity index (χ3v) is 5.22. The van der Waals surface area contributed by atoms with E-state index in [0.717, 1.165) is 16.9 Å². The number of hydrogen-bond donors (Lipinski definition) is 2. The fraction of sp³-hybridized carbons (Fsp3) is 0.150. The molecule has 7 nitrogen and oxygen atoms in total. The number of ether oxygens (including phenoxy) is 1. The van der Waals surface area contributed by atoms with Crippen LogP contribution in [0.3, 0.4) is 0 Å². The Kier molecular flexibility index (Phi) is 5.90. The van der Waals surface area contributed by atoms with E-state index in [9.17, 15) is 14.4 Å². The van der Waals surface area contributed by atoms with Crippen LogP contribution in [0.2, 0.25) is 0 Å². The van der Waals surface area contributed by atoms with Crippen molar-refractivity contribution in [1.29, 1.82) is 0 Å². The summed E-state index contributed by atoms with van der Waals surface area (Å²) in [5.74, 6) is -1.40. The zero-order valence-electron chi connectivity index (χ0n) is 15.3. The second-order valence-electron chi connectivity index (χ2n) is 5.85. The number of carbonyl (C=O) groups is 3. The number of esters is 1. The molecule has 0 fully saturated rings. The lowest BCUT2D eigenvalue weighted by Crippen LogP contribution is -2.22. The Morgan fingerprint density at radius 1 is 1.07 bits per heavy atom. The molecule has 144 valence electrons. The number of carbonyl (C=O) groups excluding carboxylic acids is 3. The van der Waals surface area contributed by atoms with E-state index >= 15 is 0 Å². The Labute approximate surface area is 165 Å². The molecule has 0 radical (unpaired) electrons. The van der Waals surface area contributed by atoms with Crippen molar-refractivity contribution in [2.75, 3.05) is 12.4 Å². The summed E-state index contributed by atoms with van der Waals surface area (Å²) in [6.45, 7) is 1.99. The number of benzene rings is 1. The molecule has 28 heavy (non-hydrogen) atoms. The van der Waals surface area contributed by atoms with Crippen LogP contribution in [-0.4, -0.2) is 24.9 Å². The quantitative estimate of drug-likeness (QED) is 0.618. The SMILES string of the molecule is COC(=O)c1c(NC(=O)c2ccco2)sc(C(=O)NCc2ccccc2)c1C. The van der Waals surface area contributed by atoms with Crippen molar-refractivity contribution in [2.45, 2.75) is 13.5 Å². The lowest BCUT2D eigenvalue weighted by molar-refractivity contribution is 0.0601. The van der Waals surface area contributed by atoms with Gasteiger partial charge in [0.05, 0.1) is 23.8 Å². The minimum Gasteiger partial charge on any atom is -0.465 e. The van der Waals surface area contributed by atoms with Crippen molar-refractivity contribution in [2.24, 2.45) is 0 Å². The number of anilines is 1. The molecule has 0 unspecified atom stereocenters. The first kappa shape index (κ1) is 19.4. The molecule has 2 N–H and O–H groups in total. The topological polar surface area (TPSA) is 97.6 Å². The van der Waals surface area contributed by atoms with Crippen LogP contribution in [0.1, 0.15) is 41.7 Å². The number of methoxy groups -OCH3 is 1. The zero-order chi connectivity index (χ0) is 20.1. The van der Waals surface area contributed by atoms with Crippen molar-refractivity contribution in [3.8, 4) is 0 Å². The number of amides is 2. The van der Waals surface area contributed by atoms with Crippen LogP contribution < -0.4 is 10.6 Å². The predicted octanol–water partition coefficient (Wildman–Crippen LogP) is 3.62. The summed E-state index contributed by atoms with van der Waals surface area (Å²) in [4.78, 5) is 37.5. The molecule has 1 aromatic carbocycles. The van der Waals surface area contributed by atoms with Gasteiger partial charge >= 0.3 is 5.97 Å². The van der Waals surface area contributed by atoms with Crippen molar-refractivity contribution >= 4 is 34.1 Å². The summed E-state index contributed by atoms with van der Waals surface area (Å²) < 4.78 is 9.88. The molecule has 3 rings (SSSR count). The first-order valence-electron chi connectivity index (χ1n) is 8.40. The van der Waals surface area contributed by atoms with E-state index in [1.54, 1.807) is 13.0 Å². The van der Waals surface area contributed by atoms with E-state index < -0.39 is 11.9 Å². The third kappa shape index (κ3) is 4.12. The summed E-state index contributed by atoms with van der Waals surface area (Å²) in [6, 6.07) is 12.5. The van der Waals surface area contributed by atoms with E-state index in [2.05, 4.69) is 10.6 Å². The van der Waals surface area contributed by atoms with Gasteiger partial charge in [0, 0.05) is 6.54 Å². The Hall–Kier alpha value is -3.39. The summed E-state index contributed by atoms with van der Waals surface area (Å²) in [5, 5.41) is 5.68. The monoisotopic (exact) mass is 398 g/mol. The van der Waals surface area contributed by atoms with Gasteiger partial charge in [0.2, 0.25) is 0 Å². The zero-order valence-corrected chi connectivity index (χ0v) is 16.1. The maximum Gasteiger partial charge on any atom is 0.341 e. The molecule has 0 aliphatic carbocycles. The fourth-order valence-electron chi connectivity index (χ4n) is 2.60. The number of nitrogens with one attached hydrogen (secondary N) is 2. The Morgan fingerprint density at radius 2 is 1.82 bits per heavy atom. The van der Waals surface area contributed by atoms with Crippen LogP contribution in [0.5, 0.6) is 0 Å². The maximum atomic E-state index is 12.6. The van der Waals surface area contributed by atoms with E-state index in [4.69, 9.17) is 9.15 Å². The van der Waals surface area contributed by atoms with Crippen molar-refractivity contribution in [3.63, 3.8) is 0 Å². The number of thiophene rings is 1. The Balaban J connectivity index is 1.85. The van der Waals surface area contributed by atoms with E-state index in [1.807, 2.05) is 30.3 Å². The Morgan fingerprint density at radius 3 is 2.46 bits per heavy atom. The van der Waals surface area contributed by atoms with E-state index in [1.165, 1.54) is 19.4 Å². The minimum atomic E-state index is -0.634. The van der Waals surface area contributed by atoms with Gasteiger partial charge in [0.1, 0.15) is 5.00 Å². The van der Waals surface area contributed by atoms with Crippen LogP contribution in [0.4, 0.5) is 5.00 Å². The molecule has 0 bridgehead atoms. The van der Waals surface area contributed by atoms with Gasteiger partial charge in [-0.3, -0.25) is 9.59 Å². The smallest absolute Gasteiger partial charge is 0.341 e. The average Bonchev–Trinajstić information content (AvgIpc) is 3.35. The first-order valence-corrected chi connectivity index (χ1v) is 9.21. The molecule has 0 spiro atoms. The molecule has 0 aliphatic rings. The lowest BCUT2D eigenvalue weighted by Gasteiger charge is -2.05. The minimum absolute atomic E-state index is 0.0944. The average molecular weight is 398 g/mol. The largest absolute Gasteiger partial charge is 0.465 e. The molecule has 0 saturated carbocycles. The molecule has 0 saturated heterocycles. The number of rotatable bonds is 6. The van der Waals surface area contributed by atoms with Gasteiger partial charge in [-0.15, -0.1) is 11.3 Å². The number of furan rings is 1. The van der Waals surface area contributed by atoms with Gasteiger partial charge in [0.15, 0.2) is 5.76 Å². The van der Waals surface area contributed by atoms with Gasteiger partial charge in [-0.2, -0.15) is 0 Å². The first-order chi connectivity index (χ1) is 13.5. The predicted molar refractivity (Wildman–Crippen MR) is 105 cm³/mol. The van der Waals surface area contributed by atoms with Gasteiger partial charge in [-0.25, -0.2) is 4.79 Å². The second kappa shape index (κ2) is 8.53. The highest BCUT2D eigenvalue weighted by Gasteiger charge is 2.26. The molecule has 2 aromatic heterocycles. The highest BCUT2D eigenvalue weighted by molar-refractivity contribution is 7.18. The lowest BCUT2D eigenvalue weighted by atomic mass is 10.1. The molecule has 2 amide bonds. The molecular weight excluding hydrogens is 380 g/mol.